The SMILES string of the molecule is O=C(CC1CSCCN1)Nc1cccnc1Br. The molecule has 0 spiro atoms. The minimum absolute atomic E-state index is 0.0266. The van der Waals surface area contributed by atoms with Crippen molar-refractivity contribution in [3.05, 3.63) is 22.9 Å². The van der Waals surface area contributed by atoms with Gasteiger partial charge in [0.05, 0.1) is 5.69 Å². The molecule has 2 rings (SSSR count). The molecule has 4 nitrogen and oxygen atoms in total. The minimum atomic E-state index is 0.0266. The van der Waals surface area contributed by atoms with Crippen molar-refractivity contribution in [2.45, 2.75) is 12.5 Å². The Morgan fingerprint density at radius 2 is 2.59 bits per heavy atom. The van der Waals surface area contributed by atoms with E-state index in [1.165, 1.54) is 0 Å². The molecule has 1 unspecified atom stereocenters. The zero-order chi connectivity index (χ0) is 12.1. The molecule has 1 aliphatic rings. The molecular weight excluding hydrogens is 302 g/mol. The predicted molar refractivity (Wildman–Crippen MR) is 74.3 cm³/mol. The Labute approximate surface area is 113 Å². The lowest BCUT2D eigenvalue weighted by Gasteiger charge is -2.22. The molecule has 1 saturated heterocycles. The summed E-state index contributed by atoms with van der Waals surface area (Å²) in [6, 6.07) is 3.91. The van der Waals surface area contributed by atoms with Crippen molar-refractivity contribution >= 4 is 39.3 Å². The molecule has 0 bridgehead atoms. The van der Waals surface area contributed by atoms with E-state index in [2.05, 4.69) is 31.5 Å². The van der Waals surface area contributed by atoms with Crippen LogP contribution in [-0.4, -0.2) is 35.0 Å². The maximum Gasteiger partial charge on any atom is 0.226 e. The summed E-state index contributed by atoms with van der Waals surface area (Å²) < 4.78 is 0.666. The molecule has 1 amide bonds. The molecule has 1 atom stereocenters. The first-order valence-electron chi connectivity index (χ1n) is 5.47. The van der Waals surface area contributed by atoms with Gasteiger partial charge in [-0.1, -0.05) is 0 Å². The number of thioether (sulfide) groups is 1. The van der Waals surface area contributed by atoms with Gasteiger partial charge in [0.25, 0.3) is 0 Å². The second kappa shape index (κ2) is 6.37. The van der Waals surface area contributed by atoms with Crippen molar-refractivity contribution in [1.82, 2.24) is 10.3 Å². The lowest BCUT2D eigenvalue weighted by molar-refractivity contribution is -0.116. The third-order valence-corrected chi connectivity index (χ3v) is 4.23. The Kier molecular flexibility index (Phi) is 4.82. The number of nitrogens with zero attached hydrogens (tertiary/aromatic N) is 1. The summed E-state index contributed by atoms with van der Waals surface area (Å²) in [5.74, 6) is 2.16. The average Bonchev–Trinajstić information content (AvgIpc) is 2.33. The summed E-state index contributed by atoms with van der Waals surface area (Å²) in [5.41, 5.74) is 0.723. The fourth-order valence-electron chi connectivity index (χ4n) is 1.66. The molecule has 6 heteroatoms. The van der Waals surface area contributed by atoms with E-state index in [0.717, 1.165) is 23.7 Å². The van der Waals surface area contributed by atoms with E-state index in [1.54, 1.807) is 12.3 Å². The van der Waals surface area contributed by atoms with Crippen LogP contribution in [0.3, 0.4) is 0 Å². The molecular formula is C11H14BrN3OS. The van der Waals surface area contributed by atoms with E-state index in [1.807, 2.05) is 17.8 Å². The standard InChI is InChI=1S/C11H14BrN3OS/c12-11-9(2-1-3-14-11)15-10(16)6-8-7-17-5-4-13-8/h1-3,8,13H,4-7H2,(H,15,16). The molecule has 1 fully saturated rings. The Bertz CT molecular complexity index is 396. The van der Waals surface area contributed by atoms with Gasteiger partial charge in [0, 0.05) is 36.7 Å². The zero-order valence-corrected chi connectivity index (χ0v) is 11.7. The molecule has 0 aliphatic carbocycles. The van der Waals surface area contributed by atoms with Crippen LogP contribution in [0.25, 0.3) is 0 Å². The topological polar surface area (TPSA) is 54.0 Å². The highest BCUT2D eigenvalue weighted by Crippen LogP contribution is 2.19. The summed E-state index contributed by atoms with van der Waals surface area (Å²) in [6.45, 7) is 0.985. The van der Waals surface area contributed by atoms with E-state index < -0.39 is 0 Å². The number of carbonyl (C=O) groups is 1. The maximum absolute atomic E-state index is 11.8. The number of halogens is 1. The van der Waals surface area contributed by atoms with Gasteiger partial charge < -0.3 is 10.6 Å². The smallest absolute Gasteiger partial charge is 0.226 e. The van der Waals surface area contributed by atoms with Crippen LogP contribution in [0.15, 0.2) is 22.9 Å². The van der Waals surface area contributed by atoms with Crippen LogP contribution < -0.4 is 10.6 Å². The molecule has 92 valence electrons. The van der Waals surface area contributed by atoms with E-state index in [0.29, 0.717) is 11.0 Å². The molecule has 1 aromatic heterocycles. The number of amides is 1. The van der Waals surface area contributed by atoms with Crippen LogP contribution in [0, 0.1) is 0 Å². The van der Waals surface area contributed by atoms with Gasteiger partial charge >= 0.3 is 0 Å². The molecule has 1 aromatic rings. The lowest BCUT2D eigenvalue weighted by atomic mass is 10.2. The number of pyridine rings is 1. The summed E-state index contributed by atoms with van der Waals surface area (Å²) in [4.78, 5) is 15.9. The van der Waals surface area contributed by atoms with Gasteiger partial charge in [-0.15, -0.1) is 0 Å². The first kappa shape index (κ1) is 12.9. The van der Waals surface area contributed by atoms with Gasteiger partial charge in [0.1, 0.15) is 4.60 Å². The Balaban J connectivity index is 1.86. The van der Waals surface area contributed by atoms with Crippen molar-refractivity contribution in [3.8, 4) is 0 Å². The van der Waals surface area contributed by atoms with Gasteiger partial charge in [-0.25, -0.2) is 4.98 Å². The average molecular weight is 316 g/mol. The molecule has 0 radical (unpaired) electrons. The highest BCUT2D eigenvalue weighted by Gasteiger charge is 2.17. The largest absolute Gasteiger partial charge is 0.324 e. The van der Waals surface area contributed by atoms with Crippen LogP contribution in [0.2, 0.25) is 0 Å². The summed E-state index contributed by atoms with van der Waals surface area (Å²) in [7, 11) is 0. The minimum Gasteiger partial charge on any atom is -0.324 e. The Morgan fingerprint density at radius 1 is 1.71 bits per heavy atom. The number of hydrogen-bond donors (Lipinski definition) is 2. The number of hydrogen-bond acceptors (Lipinski definition) is 4. The van der Waals surface area contributed by atoms with Crippen molar-refractivity contribution in [2.24, 2.45) is 0 Å². The first-order chi connectivity index (χ1) is 8.25. The van der Waals surface area contributed by atoms with Crippen LogP contribution in [-0.2, 0) is 4.79 Å². The number of anilines is 1. The fourth-order valence-corrected chi connectivity index (χ4v) is 2.95. The lowest BCUT2D eigenvalue weighted by Crippen LogP contribution is -2.39. The van der Waals surface area contributed by atoms with Crippen LogP contribution in [0.4, 0.5) is 5.69 Å². The summed E-state index contributed by atoms with van der Waals surface area (Å²) >= 11 is 5.19. The predicted octanol–water partition coefficient (Wildman–Crippen LogP) is 1.88. The second-order valence-corrected chi connectivity index (χ2v) is 5.72. The molecule has 2 heterocycles. The van der Waals surface area contributed by atoms with E-state index in [-0.39, 0.29) is 11.9 Å². The highest BCUT2D eigenvalue weighted by atomic mass is 79.9. The van der Waals surface area contributed by atoms with Crippen LogP contribution in [0.1, 0.15) is 6.42 Å². The molecule has 0 saturated carbocycles. The van der Waals surface area contributed by atoms with Crippen molar-refractivity contribution < 1.29 is 4.79 Å². The van der Waals surface area contributed by atoms with Gasteiger partial charge in [-0.3, -0.25) is 4.79 Å². The summed E-state index contributed by atoms with van der Waals surface area (Å²) in [6.07, 6.45) is 2.19. The third kappa shape index (κ3) is 3.97. The van der Waals surface area contributed by atoms with Gasteiger partial charge in [-0.2, -0.15) is 11.8 Å². The Morgan fingerprint density at radius 3 is 3.29 bits per heavy atom. The molecule has 2 N–H and O–H groups in total. The van der Waals surface area contributed by atoms with E-state index in [9.17, 15) is 4.79 Å². The van der Waals surface area contributed by atoms with Crippen molar-refractivity contribution in [1.29, 1.82) is 0 Å². The quantitative estimate of drug-likeness (QED) is 0.836. The maximum atomic E-state index is 11.8. The third-order valence-electron chi connectivity index (χ3n) is 2.46. The van der Waals surface area contributed by atoms with Crippen molar-refractivity contribution in [2.75, 3.05) is 23.4 Å². The van der Waals surface area contributed by atoms with Gasteiger partial charge in [0.15, 0.2) is 0 Å². The van der Waals surface area contributed by atoms with Crippen LogP contribution >= 0.6 is 27.7 Å². The number of nitrogens with one attached hydrogen (secondary N) is 2. The number of carbonyl (C=O) groups excluding carboxylic acids is 1. The molecule has 1 aliphatic heterocycles. The normalized spacial score (nSPS) is 19.9. The number of rotatable bonds is 3. The number of aromatic nitrogens is 1. The molecule has 17 heavy (non-hydrogen) atoms. The van der Waals surface area contributed by atoms with E-state index >= 15 is 0 Å². The first-order valence-corrected chi connectivity index (χ1v) is 7.42. The van der Waals surface area contributed by atoms with E-state index in [4.69, 9.17) is 0 Å². The van der Waals surface area contributed by atoms with Crippen molar-refractivity contribution in [3.63, 3.8) is 0 Å². The molecule has 0 aromatic carbocycles. The fraction of sp³-hybridized carbons (Fsp3) is 0.455. The highest BCUT2D eigenvalue weighted by molar-refractivity contribution is 9.10. The Hall–Kier alpha value is -0.590. The van der Waals surface area contributed by atoms with Gasteiger partial charge in [0.2, 0.25) is 5.91 Å². The van der Waals surface area contributed by atoms with Crippen LogP contribution in [0.5, 0.6) is 0 Å². The second-order valence-electron chi connectivity index (χ2n) is 3.82. The zero-order valence-electron chi connectivity index (χ0n) is 9.28. The van der Waals surface area contributed by atoms with Gasteiger partial charge in [-0.05, 0) is 28.1 Å². The monoisotopic (exact) mass is 315 g/mol. The summed E-state index contributed by atoms with van der Waals surface area (Å²) in [5, 5.41) is 6.20.